The molecule has 1 heterocycles. The Labute approximate surface area is 172 Å². The minimum atomic E-state index is -3.80. The molecule has 160 valence electrons. The van der Waals surface area contributed by atoms with Gasteiger partial charge in [-0.05, 0) is 43.3 Å². The van der Waals surface area contributed by atoms with E-state index in [0.29, 0.717) is 0 Å². The number of ether oxygens (including phenoxy) is 1. The summed E-state index contributed by atoms with van der Waals surface area (Å²) < 4.78 is 44.9. The number of carbonyl (C=O) groups is 1. The molecule has 0 bridgehead atoms. The molecule has 3 rings (SSSR count). The van der Waals surface area contributed by atoms with Crippen LogP contribution in [0, 0.1) is 15.9 Å². The Morgan fingerprint density at radius 1 is 1.13 bits per heavy atom. The van der Waals surface area contributed by atoms with Crippen LogP contribution in [0.5, 0.6) is 5.75 Å². The molecule has 30 heavy (non-hydrogen) atoms. The molecule has 0 N–H and O–H groups in total. The summed E-state index contributed by atoms with van der Waals surface area (Å²) in [7, 11) is -3.80. The molecule has 0 radical (unpaired) electrons. The first-order chi connectivity index (χ1) is 14.2. The van der Waals surface area contributed by atoms with Crippen LogP contribution in [0.2, 0.25) is 0 Å². The summed E-state index contributed by atoms with van der Waals surface area (Å²) in [6.45, 7) is 2.32. The zero-order valence-electron chi connectivity index (χ0n) is 16.2. The van der Waals surface area contributed by atoms with E-state index in [4.69, 9.17) is 4.74 Å². The second-order valence-corrected chi connectivity index (χ2v) is 8.46. The van der Waals surface area contributed by atoms with Gasteiger partial charge in [0.1, 0.15) is 5.82 Å². The molecule has 1 aliphatic heterocycles. The van der Waals surface area contributed by atoms with Crippen LogP contribution in [0.1, 0.15) is 17.3 Å². The van der Waals surface area contributed by atoms with Crippen LogP contribution in [0.3, 0.4) is 0 Å². The van der Waals surface area contributed by atoms with Gasteiger partial charge in [-0.25, -0.2) is 12.8 Å². The molecule has 1 amide bonds. The number of benzene rings is 2. The highest BCUT2D eigenvalue weighted by Crippen LogP contribution is 2.29. The minimum absolute atomic E-state index is 0.0224. The number of hydrogen-bond acceptors (Lipinski definition) is 6. The first-order valence-corrected chi connectivity index (χ1v) is 10.6. The number of halogens is 1. The third-order valence-corrected chi connectivity index (χ3v) is 6.59. The lowest BCUT2D eigenvalue weighted by molar-refractivity contribution is -0.385. The lowest BCUT2D eigenvalue weighted by atomic mass is 10.1. The molecule has 2 aromatic rings. The number of nitro groups is 1. The third kappa shape index (κ3) is 4.41. The van der Waals surface area contributed by atoms with Crippen LogP contribution in [0.25, 0.3) is 0 Å². The van der Waals surface area contributed by atoms with Crippen LogP contribution < -0.4 is 4.74 Å². The van der Waals surface area contributed by atoms with Crippen molar-refractivity contribution in [1.29, 1.82) is 0 Å². The molecule has 9 nitrogen and oxygen atoms in total. The Morgan fingerprint density at radius 2 is 1.77 bits per heavy atom. The number of nitrogens with zero attached hydrogens (tertiary/aromatic N) is 3. The van der Waals surface area contributed by atoms with Crippen molar-refractivity contribution in [3.8, 4) is 5.75 Å². The van der Waals surface area contributed by atoms with E-state index in [1.807, 2.05) is 0 Å². The highest BCUT2D eigenvalue weighted by molar-refractivity contribution is 7.89. The second kappa shape index (κ2) is 8.76. The van der Waals surface area contributed by atoms with Gasteiger partial charge in [-0.3, -0.25) is 14.9 Å². The van der Waals surface area contributed by atoms with E-state index in [1.165, 1.54) is 33.5 Å². The number of hydrogen-bond donors (Lipinski definition) is 0. The molecule has 2 aromatic carbocycles. The zero-order valence-corrected chi connectivity index (χ0v) is 17.0. The molecule has 1 aliphatic rings. The van der Waals surface area contributed by atoms with Gasteiger partial charge in [0, 0.05) is 37.8 Å². The largest absolute Gasteiger partial charge is 0.487 e. The van der Waals surface area contributed by atoms with E-state index >= 15 is 0 Å². The summed E-state index contributed by atoms with van der Waals surface area (Å²) in [6.07, 6.45) is 0. The fourth-order valence-corrected chi connectivity index (χ4v) is 4.56. The Bertz CT molecular complexity index is 1050. The van der Waals surface area contributed by atoms with Crippen molar-refractivity contribution in [3.63, 3.8) is 0 Å². The van der Waals surface area contributed by atoms with Crippen molar-refractivity contribution in [2.24, 2.45) is 0 Å². The van der Waals surface area contributed by atoms with Gasteiger partial charge in [0.25, 0.3) is 5.91 Å². The highest BCUT2D eigenvalue weighted by atomic mass is 32.2. The first-order valence-electron chi connectivity index (χ1n) is 9.20. The molecule has 1 saturated heterocycles. The van der Waals surface area contributed by atoms with Gasteiger partial charge in [-0.15, -0.1) is 0 Å². The average molecular weight is 437 g/mol. The molecule has 11 heteroatoms. The van der Waals surface area contributed by atoms with E-state index in [-0.39, 0.29) is 54.7 Å². The van der Waals surface area contributed by atoms with Gasteiger partial charge in [0.15, 0.2) is 5.75 Å². The maximum absolute atomic E-state index is 13.1. The minimum Gasteiger partial charge on any atom is -0.487 e. The molecule has 0 unspecified atom stereocenters. The molecule has 0 spiro atoms. The fraction of sp³-hybridized carbons (Fsp3) is 0.316. The number of sulfonamides is 1. The fourth-order valence-electron chi connectivity index (χ4n) is 3.14. The van der Waals surface area contributed by atoms with Crippen molar-refractivity contribution in [1.82, 2.24) is 9.21 Å². The van der Waals surface area contributed by atoms with Crippen molar-refractivity contribution < 1.29 is 27.3 Å². The predicted octanol–water partition coefficient (Wildman–Crippen LogP) is 2.28. The van der Waals surface area contributed by atoms with Gasteiger partial charge in [-0.1, -0.05) is 0 Å². The Balaban J connectivity index is 1.72. The number of rotatable bonds is 6. The topological polar surface area (TPSA) is 110 Å². The van der Waals surface area contributed by atoms with Gasteiger partial charge in [0.05, 0.1) is 16.4 Å². The van der Waals surface area contributed by atoms with Gasteiger partial charge in [-0.2, -0.15) is 4.31 Å². The monoisotopic (exact) mass is 437 g/mol. The quantitative estimate of drug-likeness (QED) is 0.507. The molecular formula is C19H20FN3O6S. The van der Waals surface area contributed by atoms with E-state index in [0.717, 1.165) is 18.2 Å². The molecule has 0 atom stereocenters. The van der Waals surface area contributed by atoms with Gasteiger partial charge >= 0.3 is 5.69 Å². The number of carbonyl (C=O) groups excluding carboxylic acids is 1. The van der Waals surface area contributed by atoms with Crippen LogP contribution in [0.15, 0.2) is 47.4 Å². The maximum Gasteiger partial charge on any atom is 0.311 e. The van der Waals surface area contributed by atoms with E-state index in [1.54, 1.807) is 6.92 Å². The second-order valence-electron chi connectivity index (χ2n) is 6.52. The number of nitro benzene ring substituents is 1. The Kier molecular flexibility index (Phi) is 6.32. The number of amides is 1. The van der Waals surface area contributed by atoms with E-state index in [2.05, 4.69) is 0 Å². The summed E-state index contributed by atoms with van der Waals surface area (Å²) in [5.41, 5.74) is -0.180. The SMILES string of the molecule is CCOc1ccc(C(=O)N2CCN(S(=O)(=O)c3ccc(F)cc3)CC2)cc1[N+](=O)[O-]. The lowest BCUT2D eigenvalue weighted by Crippen LogP contribution is -2.50. The van der Waals surface area contributed by atoms with Crippen LogP contribution in [-0.4, -0.2) is 61.2 Å². The summed E-state index contributed by atoms with van der Waals surface area (Å²) in [5, 5.41) is 11.3. The van der Waals surface area contributed by atoms with Crippen LogP contribution >= 0.6 is 0 Å². The van der Waals surface area contributed by atoms with Crippen molar-refractivity contribution in [3.05, 3.63) is 64.0 Å². The van der Waals surface area contributed by atoms with Crippen LogP contribution in [0.4, 0.5) is 10.1 Å². The molecule has 0 aliphatic carbocycles. The van der Waals surface area contributed by atoms with Crippen molar-refractivity contribution >= 4 is 21.6 Å². The summed E-state index contributed by atoms with van der Waals surface area (Å²) >= 11 is 0. The summed E-state index contributed by atoms with van der Waals surface area (Å²) in [4.78, 5) is 24.8. The molecule has 0 aromatic heterocycles. The zero-order chi connectivity index (χ0) is 21.9. The molecule has 0 saturated carbocycles. The molecular weight excluding hydrogens is 417 g/mol. The smallest absolute Gasteiger partial charge is 0.311 e. The van der Waals surface area contributed by atoms with E-state index < -0.39 is 26.7 Å². The van der Waals surface area contributed by atoms with Gasteiger partial charge < -0.3 is 9.64 Å². The van der Waals surface area contributed by atoms with E-state index in [9.17, 15) is 27.7 Å². The summed E-state index contributed by atoms with van der Waals surface area (Å²) in [5.74, 6) is -0.886. The van der Waals surface area contributed by atoms with Crippen molar-refractivity contribution in [2.45, 2.75) is 11.8 Å². The van der Waals surface area contributed by atoms with Gasteiger partial charge in [0.2, 0.25) is 10.0 Å². The maximum atomic E-state index is 13.1. The molecule has 1 fully saturated rings. The predicted molar refractivity (Wildman–Crippen MR) is 105 cm³/mol. The highest BCUT2D eigenvalue weighted by Gasteiger charge is 2.31. The average Bonchev–Trinajstić information content (AvgIpc) is 2.74. The number of piperazine rings is 1. The van der Waals surface area contributed by atoms with Crippen molar-refractivity contribution in [2.75, 3.05) is 32.8 Å². The normalized spacial score (nSPS) is 15.1. The lowest BCUT2D eigenvalue weighted by Gasteiger charge is -2.34. The standard InChI is InChI=1S/C19H20FN3O6S/c1-2-29-18-8-3-14(13-17(18)23(25)26)19(24)21-9-11-22(12-10-21)30(27,28)16-6-4-15(20)5-7-16/h3-8,13H,2,9-12H2,1H3. The van der Waals surface area contributed by atoms with Crippen LogP contribution in [-0.2, 0) is 10.0 Å². The Hall–Kier alpha value is -3.05. The Morgan fingerprint density at radius 3 is 2.33 bits per heavy atom. The first kappa shape index (κ1) is 21.7. The summed E-state index contributed by atoms with van der Waals surface area (Å²) in [6, 6.07) is 8.53. The third-order valence-electron chi connectivity index (χ3n) is 4.68.